The Morgan fingerprint density at radius 2 is 0.839 bits per heavy atom. The van der Waals surface area contributed by atoms with Crippen LogP contribution in [0.4, 0.5) is 0 Å². The van der Waals surface area contributed by atoms with E-state index in [0.29, 0.717) is 17.5 Å². The number of hydrogen-bond donors (Lipinski definition) is 0. The molecule has 0 saturated carbocycles. The van der Waals surface area contributed by atoms with Crippen LogP contribution in [0.5, 0.6) is 0 Å². The van der Waals surface area contributed by atoms with Gasteiger partial charge < -0.3 is 4.42 Å². The maximum Gasteiger partial charge on any atom is 0.164 e. The van der Waals surface area contributed by atoms with Crippen molar-refractivity contribution in [3.63, 3.8) is 0 Å². The largest absolute Gasteiger partial charge is 0.456 e. The van der Waals surface area contributed by atoms with Crippen LogP contribution in [-0.2, 0) is 0 Å². The number of thiophene rings is 1. The Balaban J connectivity index is 1.05. The van der Waals surface area contributed by atoms with Crippen LogP contribution >= 0.6 is 11.3 Å². The lowest BCUT2D eigenvalue weighted by Crippen LogP contribution is -2.00. The van der Waals surface area contributed by atoms with E-state index in [9.17, 15) is 0 Å². The Kier molecular flexibility index (Phi) is 7.64. The highest BCUT2D eigenvalue weighted by Crippen LogP contribution is 2.44. The van der Waals surface area contributed by atoms with E-state index in [-0.39, 0.29) is 0 Å². The van der Waals surface area contributed by atoms with Gasteiger partial charge in [0, 0.05) is 47.6 Å². The summed E-state index contributed by atoms with van der Waals surface area (Å²) in [5, 5.41) is 4.65. The third-order valence-corrected chi connectivity index (χ3v) is 11.6. The third kappa shape index (κ3) is 5.65. The van der Waals surface area contributed by atoms with Gasteiger partial charge in [0.2, 0.25) is 0 Å². The molecule has 0 radical (unpaired) electrons. The van der Waals surface area contributed by atoms with Crippen LogP contribution in [0.15, 0.2) is 192 Å². The third-order valence-electron chi connectivity index (χ3n) is 10.5. The molecule has 0 spiro atoms. The molecule has 56 heavy (non-hydrogen) atoms. The first-order valence-corrected chi connectivity index (χ1v) is 19.5. The van der Waals surface area contributed by atoms with Crippen molar-refractivity contribution in [1.82, 2.24) is 15.0 Å². The highest BCUT2D eigenvalue weighted by atomic mass is 32.1. The van der Waals surface area contributed by atoms with Gasteiger partial charge in [-0.05, 0) is 81.9 Å². The van der Waals surface area contributed by atoms with Crippen molar-refractivity contribution in [2.75, 3.05) is 0 Å². The molecule has 0 atom stereocenters. The summed E-state index contributed by atoms with van der Waals surface area (Å²) in [6.45, 7) is 0. The molecule has 11 aromatic rings. The Labute approximate surface area is 327 Å². The van der Waals surface area contributed by atoms with Crippen LogP contribution < -0.4 is 0 Å². The van der Waals surface area contributed by atoms with Gasteiger partial charge in [-0.25, -0.2) is 15.0 Å². The van der Waals surface area contributed by atoms with Crippen molar-refractivity contribution in [1.29, 1.82) is 0 Å². The molecule has 3 aromatic heterocycles. The van der Waals surface area contributed by atoms with Gasteiger partial charge >= 0.3 is 0 Å². The molecule has 0 aliphatic heterocycles. The molecule has 3 heterocycles. The molecule has 0 aliphatic rings. The van der Waals surface area contributed by atoms with Crippen molar-refractivity contribution in [2.45, 2.75) is 0 Å². The monoisotopic (exact) mass is 733 g/mol. The summed E-state index contributed by atoms with van der Waals surface area (Å²) < 4.78 is 9.24. The predicted molar refractivity (Wildman–Crippen MR) is 233 cm³/mol. The number of hydrogen-bond acceptors (Lipinski definition) is 5. The van der Waals surface area contributed by atoms with Crippen LogP contribution in [0.25, 0.3) is 110 Å². The van der Waals surface area contributed by atoms with E-state index < -0.39 is 0 Å². The molecule has 0 unspecified atom stereocenters. The fraction of sp³-hybridized carbons (Fsp3) is 0. The number of fused-ring (bicyclic) bond motifs is 6. The Bertz CT molecular complexity index is 3180. The molecule has 0 saturated heterocycles. The molecular weight excluding hydrogens is 703 g/mol. The maximum absolute atomic E-state index is 6.70. The Hall–Kier alpha value is -7.21. The summed E-state index contributed by atoms with van der Waals surface area (Å²) >= 11 is 1.85. The highest BCUT2D eigenvalue weighted by Gasteiger charge is 2.18. The van der Waals surface area contributed by atoms with E-state index in [4.69, 9.17) is 19.4 Å². The molecular formula is C51H31N3OS. The molecule has 0 N–H and O–H groups in total. The second kappa shape index (κ2) is 13.3. The average molecular weight is 734 g/mol. The minimum Gasteiger partial charge on any atom is -0.456 e. The first kappa shape index (κ1) is 32.2. The van der Waals surface area contributed by atoms with Crippen LogP contribution in [0.1, 0.15) is 0 Å². The first-order valence-electron chi connectivity index (χ1n) is 18.7. The van der Waals surface area contributed by atoms with Gasteiger partial charge in [0.05, 0.1) is 0 Å². The van der Waals surface area contributed by atoms with Crippen molar-refractivity contribution in [3.8, 4) is 67.5 Å². The van der Waals surface area contributed by atoms with Crippen LogP contribution in [0.3, 0.4) is 0 Å². The topological polar surface area (TPSA) is 51.8 Å². The van der Waals surface area contributed by atoms with Crippen molar-refractivity contribution in [2.24, 2.45) is 0 Å². The van der Waals surface area contributed by atoms with Crippen LogP contribution in [-0.4, -0.2) is 15.0 Å². The van der Waals surface area contributed by atoms with E-state index in [0.717, 1.165) is 44.2 Å². The summed E-state index contributed by atoms with van der Waals surface area (Å²) in [5.41, 5.74) is 11.5. The number of nitrogens with zero attached hydrogens (tertiary/aromatic N) is 3. The van der Waals surface area contributed by atoms with E-state index >= 15 is 0 Å². The number of aromatic nitrogens is 3. The average Bonchev–Trinajstić information content (AvgIpc) is 3.84. The van der Waals surface area contributed by atoms with E-state index in [1.165, 1.54) is 48.0 Å². The number of rotatable bonds is 6. The van der Waals surface area contributed by atoms with Crippen molar-refractivity contribution < 1.29 is 4.42 Å². The van der Waals surface area contributed by atoms with Crippen molar-refractivity contribution >= 4 is 53.4 Å². The fourth-order valence-electron chi connectivity index (χ4n) is 7.78. The predicted octanol–water partition coefficient (Wildman–Crippen LogP) is 14.1. The number of furan rings is 1. The van der Waals surface area contributed by atoms with E-state index in [1.807, 2.05) is 72.0 Å². The molecule has 8 aromatic carbocycles. The fourth-order valence-corrected chi connectivity index (χ4v) is 8.95. The first-order chi connectivity index (χ1) is 27.7. The minimum absolute atomic E-state index is 0.598. The van der Waals surface area contributed by atoms with Crippen molar-refractivity contribution in [3.05, 3.63) is 188 Å². The van der Waals surface area contributed by atoms with Gasteiger partial charge in [-0.2, -0.15) is 0 Å². The lowest BCUT2D eigenvalue weighted by molar-refractivity contribution is 0.669. The molecule has 0 bridgehead atoms. The van der Waals surface area contributed by atoms with Crippen LogP contribution in [0, 0.1) is 0 Å². The second-order valence-corrected chi connectivity index (χ2v) is 15.1. The zero-order valence-electron chi connectivity index (χ0n) is 30.1. The normalized spacial score (nSPS) is 11.6. The molecule has 262 valence electrons. The standard InChI is InChI=1S/C51H31N3OS/c1-4-13-32(14-5-1)35-19-12-20-36(27-35)39-28-43(48-42-21-10-11-22-46(42)56-47(48)31-39)37-23-25-40-41-26-24-38(30-45(41)55-44(40)29-37)51-53-49(33-15-6-2-7-16-33)52-50(54-51)34-17-8-3-9-18-34/h1-31H. The van der Waals surface area contributed by atoms with Gasteiger partial charge in [-0.15, -0.1) is 11.3 Å². The summed E-state index contributed by atoms with van der Waals surface area (Å²) in [6, 6.07) is 65.8. The van der Waals surface area contributed by atoms with E-state index in [1.54, 1.807) is 0 Å². The van der Waals surface area contributed by atoms with Gasteiger partial charge in [0.25, 0.3) is 0 Å². The minimum atomic E-state index is 0.598. The summed E-state index contributed by atoms with van der Waals surface area (Å²) in [7, 11) is 0. The van der Waals surface area contributed by atoms with Gasteiger partial charge in [-0.1, -0.05) is 140 Å². The summed E-state index contributed by atoms with van der Waals surface area (Å²) in [5.74, 6) is 1.86. The highest BCUT2D eigenvalue weighted by molar-refractivity contribution is 7.26. The van der Waals surface area contributed by atoms with Gasteiger partial charge in [-0.3, -0.25) is 0 Å². The van der Waals surface area contributed by atoms with E-state index in [2.05, 4.69) is 127 Å². The van der Waals surface area contributed by atoms with Gasteiger partial charge in [0.15, 0.2) is 17.5 Å². The zero-order chi connectivity index (χ0) is 37.0. The Morgan fingerprint density at radius 1 is 0.321 bits per heavy atom. The summed E-state index contributed by atoms with van der Waals surface area (Å²) in [6.07, 6.45) is 0. The molecule has 5 heteroatoms. The lowest BCUT2D eigenvalue weighted by atomic mass is 9.93. The maximum atomic E-state index is 6.70. The SMILES string of the molecule is c1ccc(-c2cccc(-c3cc(-c4ccc5c(c4)oc4cc(-c6nc(-c7ccccc7)nc(-c7ccccc7)n6)ccc45)c4c(c3)sc3ccccc34)c2)cc1. The Morgan fingerprint density at radius 3 is 1.50 bits per heavy atom. The molecule has 0 fully saturated rings. The molecule has 4 nitrogen and oxygen atoms in total. The molecule has 0 aliphatic carbocycles. The van der Waals surface area contributed by atoms with Crippen LogP contribution in [0.2, 0.25) is 0 Å². The summed E-state index contributed by atoms with van der Waals surface area (Å²) in [4.78, 5) is 14.8. The number of benzene rings is 8. The second-order valence-electron chi connectivity index (χ2n) is 14.0. The molecule has 11 rings (SSSR count). The lowest BCUT2D eigenvalue weighted by Gasteiger charge is -2.11. The van der Waals surface area contributed by atoms with Gasteiger partial charge in [0.1, 0.15) is 11.2 Å². The quantitative estimate of drug-likeness (QED) is 0.171. The smallest absolute Gasteiger partial charge is 0.164 e. The molecule has 0 amide bonds. The zero-order valence-corrected chi connectivity index (χ0v) is 30.9.